The number of phenols is 4. The molecule has 0 aliphatic heterocycles. The molecule has 114 valence electrons. The van der Waals surface area contributed by atoms with Gasteiger partial charge in [0.15, 0.2) is 0 Å². The van der Waals surface area contributed by atoms with Crippen LogP contribution in [0.15, 0.2) is 43.4 Å². The second kappa shape index (κ2) is 6.80. The third kappa shape index (κ3) is 3.40. The first-order valence-corrected chi connectivity index (χ1v) is 7.47. The molecule has 22 heavy (non-hydrogen) atoms. The first-order valence-electron chi connectivity index (χ1n) is 5.89. The fraction of sp³-hybridized carbons (Fsp3) is 0. The van der Waals surface area contributed by atoms with E-state index in [9.17, 15) is 20.4 Å². The molecule has 0 spiro atoms. The lowest BCUT2D eigenvalue weighted by atomic mass is 10.2. The zero-order valence-electron chi connectivity index (χ0n) is 10.9. The highest BCUT2D eigenvalue weighted by molar-refractivity contribution is 9.11. The summed E-state index contributed by atoms with van der Waals surface area (Å²) in [5, 5.41) is 45.9. The molecular formula is C14H10Br2N2O4. The molecule has 0 bridgehead atoms. The van der Waals surface area contributed by atoms with Crippen LogP contribution in [0.25, 0.3) is 0 Å². The van der Waals surface area contributed by atoms with Crippen LogP contribution in [0.5, 0.6) is 23.0 Å². The van der Waals surface area contributed by atoms with Crippen LogP contribution in [-0.2, 0) is 0 Å². The van der Waals surface area contributed by atoms with Gasteiger partial charge in [-0.25, -0.2) is 0 Å². The fourth-order valence-corrected chi connectivity index (χ4v) is 2.26. The highest BCUT2D eigenvalue weighted by Gasteiger charge is 2.08. The topological polar surface area (TPSA) is 106 Å². The zero-order chi connectivity index (χ0) is 16.3. The van der Waals surface area contributed by atoms with Gasteiger partial charge in [-0.2, -0.15) is 10.2 Å². The van der Waals surface area contributed by atoms with Crippen molar-refractivity contribution in [1.29, 1.82) is 0 Å². The van der Waals surface area contributed by atoms with E-state index in [1.165, 1.54) is 36.7 Å². The largest absolute Gasteiger partial charge is 0.507 e. The Hall–Kier alpha value is -2.06. The van der Waals surface area contributed by atoms with Crippen LogP contribution in [0.4, 0.5) is 0 Å². The summed E-state index contributed by atoms with van der Waals surface area (Å²) in [6, 6.07) is 5.75. The average Bonchev–Trinajstić information content (AvgIpc) is 2.50. The lowest BCUT2D eigenvalue weighted by Gasteiger charge is -2.03. The van der Waals surface area contributed by atoms with Crippen LogP contribution in [0.1, 0.15) is 11.1 Å². The van der Waals surface area contributed by atoms with Crippen LogP contribution in [0.2, 0.25) is 0 Å². The molecular weight excluding hydrogens is 420 g/mol. The maximum absolute atomic E-state index is 9.78. The Balaban J connectivity index is 2.20. The maximum atomic E-state index is 9.78. The summed E-state index contributed by atoms with van der Waals surface area (Å²) < 4.78 is 0.334. The summed E-state index contributed by atoms with van der Waals surface area (Å²) in [6.07, 6.45) is 2.59. The van der Waals surface area contributed by atoms with E-state index in [0.717, 1.165) is 0 Å². The van der Waals surface area contributed by atoms with Gasteiger partial charge in [0.25, 0.3) is 0 Å². The van der Waals surface area contributed by atoms with Gasteiger partial charge in [0.1, 0.15) is 31.9 Å². The van der Waals surface area contributed by atoms with E-state index in [0.29, 0.717) is 11.1 Å². The van der Waals surface area contributed by atoms with Crippen molar-refractivity contribution in [3.05, 3.63) is 44.3 Å². The van der Waals surface area contributed by atoms with Crippen LogP contribution < -0.4 is 0 Å². The smallest absolute Gasteiger partial charge is 0.142 e. The first kappa shape index (κ1) is 16.3. The van der Waals surface area contributed by atoms with Gasteiger partial charge >= 0.3 is 0 Å². The van der Waals surface area contributed by atoms with Crippen molar-refractivity contribution in [2.45, 2.75) is 0 Å². The number of halogens is 2. The molecule has 0 saturated heterocycles. The molecule has 2 aromatic rings. The predicted octanol–water partition coefficient (Wildman–Crippen LogP) is 3.49. The summed E-state index contributed by atoms with van der Waals surface area (Å²) in [4.78, 5) is 0. The Labute approximate surface area is 142 Å². The Bertz CT molecular complexity index is 710. The quantitative estimate of drug-likeness (QED) is 0.442. The number of benzene rings is 2. The number of hydrogen-bond acceptors (Lipinski definition) is 6. The molecule has 0 unspecified atom stereocenters. The van der Waals surface area contributed by atoms with E-state index in [1.54, 1.807) is 0 Å². The van der Waals surface area contributed by atoms with E-state index in [1.807, 2.05) is 0 Å². The minimum Gasteiger partial charge on any atom is -0.507 e. The molecule has 2 rings (SSSR count). The highest BCUT2D eigenvalue weighted by atomic mass is 79.9. The molecule has 4 N–H and O–H groups in total. The van der Waals surface area contributed by atoms with E-state index in [-0.39, 0.29) is 31.9 Å². The Morgan fingerprint density at radius 2 is 1.05 bits per heavy atom. The molecule has 8 heteroatoms. The number of rotatable bonds is 3. The van der Waals surface area contributed by atoms with Crippen molar-refractivity contribution in [2.75, 3.05) is 0 Å². The van der Waals surface area contributed by atoms with Gasteiger partial charge in [0.05, 0.1) is 12.4 Å². The van der Waals surface area contributed by atoms with Crippen molar-refractivity contribution < 1.29 is 20.4 Å². The fourth-order valence-electron chi connectivity index (χ4n) is 1.54. The molecule has 0 aliphatic carbocycles. The molecule has 0 saturated carbocycles. The van der Waals surface area contributed by atoms with Crippen molar-refractivity contribution in [3.63, 3.8) is 0 Å². The van der Waals surface area contributed by atoms with Crippen molar-refractivity contribution in [1.82, 2.24) is 0 Å². The molecule has 0 aliphatic rings. The Morgan fingerprint density at radius 3 is 1.41 bits per heavy atom. The van der Waals surface area contributed by atoms with Crippen molar-refractivity contribution >= 4 is 44.3 Å². The van der Waals surface area contributed by atoms with E-state index >= 15 is 0 Å². The monoisotopic (exact) mass is 428 g/mol. The number of nitrogens with zero attached hydrogens (tertiary/aromatic N) is 2. The predicted molar refractivity (Wildman–Crippen MR) is 90.1 cm³/mol. The summed E-state index contributed by atoms with van der Waals surface area (Å²) in [5.41, 5.74) is 0.718. The minimum atomic E-state index is -0.158. The summed E-state index contributed by atoms with van der Waals surface area (Å²) in [5.74, 6) is -0.489. The molecule has 0 amide bonds. The van der Waals surface area contributed by atoms with Gasteiger partial charge in [0.2, 0.25) is 0 Å². The first-order chi connectivity index (χ1) is 10.4. The van der Waals surface area contributed by atoms with Gasteiger partial charge in [-0.1, -0.05) is 0 Å². The van der Waals surface area contributed by atoms with Crippen LogP contribution in [0.3, 0.4) is 0 Å². The Kier molecular flexibility index (Phi) is 5.04. The Morgan fingerprint density at radius 1 is 0.682 bits per heavy atom. The number of phenolic OH excluding ortho intramolecular Hbond substituents is 4. The molecule has 0 fully saturated rings. The summed E-state index contributed by atoms with van der Waals surface area (Å²) in [6.45, 7) is 0. The lowest BCUT2D eigenvalue weighted by molar-refractivity contribution is 0.443. The third-order valence-corrected chi connectivity index (χ3v) is 4.28. The van der Waals surface area contributed by atoms with Gasteiger partial charge in [0, 0.05) is 11.1 Å². The standard InChI is InChI=1S/C14H10Br2N2O4/c15-11-9(19)3-1-7(13(11)21)5-17-18-6-8-2-4-10(20)12(16)14(8)22/h1-6,19-22H/b17-5+,18-6+. The molecule has 0 heterocycles. The minimum absolute atomic E-state index is 0.0861. The summed E-state index contributed by atoms with van der Waals surface area (Å²) in [7, 11) is 0. The number of aromatic hydroxyl groups is 4. The third-order valence-electron chi connectivity index (χ3n) is 2.71. The summed E-state index contributed by atoms with van der Waals surface area (Å²) >= 11 is 6.08. The number of hydrogen-bond donors (Lipinski definition) is 4. The van der Waals surface area contributed by atoms with Crippen LogP contribution in [-0.4, -0.2) is 32.9 Å². The normalized spacial score (nSPS) is 11.5. The van der Waals surface area contributed by atoms with Gasteiger partial charge in [-0.15, -0.1) is 0 Å². The van der Waals surface area contributed by atoms with Crippen molar-refractivity contribution in [2.24, 2.45) is 10.2 Å². The molecule has 0 aromatic heterocycles. The second-order valence-electron chi connectivity index (χ2n) is 4.16. The highest BCUT2D eigenvalue weighted by Crippen LogP contribution is 2.35. The lowest BCUT2D eigenvalue weighted by Crippen LogP contribution is -1.85. The molecule has 2 aromatic carbocycles. The van der Waals surface area contributed by atoms with Gasteiger partial charge < -0.3 is 20.4 Å². The molecule has 0 radical (unpaired) electrons. The van der Waals surface area contributed by atoms with Crippen LogP contribution >= 0.6 is 31.9 Å². The molecule has 6 nitrogen and oxygen atoms in total. The van der Waals surface area contributed by atoms with Gasteiger partial charge in [-0.3, -0.25) is 0 Å². The zero-order valence-corrected chi connectivity index (χ0v) is 14.1. The molecule has 0 atom stereocenters. The maximum Gasteiger partial charge on any atom is 0.142 e. The van der Waals surface area contributed by atoms with Crippen LogP contribution in [0, 0.1) is 0 Å². The van der Waals surface area contributed by atoms with Crippen molar-refractivity contribution in [3.8, 4) is 23.0 Å². The van der Waals surface area contributed by atoms with E-state index in [4.69, 9.17) is 0 Å². The SMILES string of the molecule is Oc1ccc(/C=N/N=C/c2ccc(O)c(Br)c2O)c(O)c1Br. The van der Waals surface area contributed by atoms with Gasteiger partial charge in [-0.05, 0) is 56.1 Å². The van der Waals surface area contributed by atoms with E-state index in [2.05, 4.69) is 42.1 Å². The van der Waals surface area contributed by atoms with E-state index < -0.39 is 0 Å². The average molecular weight is 430 g/mol. The second-order valence-corrected chi connectivity index (χ2v) is 5.75.